The number of unbranched alkanes of at least 4 members (excludes halogenated alkanes) is 3. The molecule has 7 heteroatoms. The molecule has 2 saturated carbocycles. The fraction of sp³-hybridized carbons (Fsp3) is 0.958. The van der Waals surface area contributed by atoms with E-state index < -0.39 is 42.1 Å². The monoisotopic (exact) mass is 442 g/mol. The standard InChI is InChI=1S/C24H42O7/c1-4-6-8-9-15-11-16(25)12-19(26)22(15)30-20-14-17(29-3)13-18-21(20)23(27)31-24(18,28)10-7-5-2/h15-22,25-26,28H,4-14H2,1-3H3. The summed E-state index contributed by atoms with van der Waals surface area (Å²) in [5, 5.41) is 32.1. The van der Waals surface area contributed by atoms with Gasteiger partial charge in [0, 0.05) is 32.3 Å². The normalized spacial score (nSPS) is 43.0. The first-order chi connectivity index (χ1) is 14.8. The van der Waals surface area contributed by atoms with Crippen molar-refractivity contribution >= 4 is 5.97 Å². The number of cyclic esters (lactones) is 1. The average molecular weight is 443 g/mol. The van der Waals surface area contributed by atoms with Gasteiger partial charge in [0.25, 0.3) is 0 Å². The van der Waals surface area contributed by atoms with Crippen molar-refractivity contribution in [2.24, 2.45) is 17.8 Å². The van der Waals surface area contributed by atoms with Gasteiger partial charge in [-0.3, -0.25) is 4.79 Å². The van der Waals surface area contributed by atoms with E-state index in [1.165, 1.54) is 0 Å². The van der Waals surface area contributed by atoms with Crippen LogP contribution in [0.4, 0.5) is 0 Å². The minimum atomic E-state index is -1.47. The molecule has 3 N–H and O–H groups in total. The molecule has 0 aromatic heterocycles. The molecule has 31 heavy (non-hydrogen) atoms. The minimum absolute atomic E-state index is 0.0445. The number of ether oxygens (including phenoxy) is 3. The van der Waals surface area contributed by atoms with Gasteiger partial charge >= 0.3 is 5.97 Å². The van der Waals surface area contributed by atoms with Gasteiger partial charge in [-0.1, -0.05) is 39.5 Å². The van der Waals surface area contributed by atoms with Crippen LogP contribution < -0.4 is 0 Å². The number of aliphatic hydroxyl groups excluding tert-OH is 2. The highest BCUT2D eigenvalue weighted by Gasteiger charge is 2.60. The van der Waals surface area contributed by atoms with Crippen LogP contribution in [0.1, 0.15) is 84.5 Å². The number of aliphatic hydroxyl groups is 3. The molecule has 0 radical (unpaired) electrons. The maximum Gasteiger partial charge on any atom is 0.314 e. The van der Waals surface area contributed by atoms with Crippen LogP contribution in [0.3, 0.4) is 0 Å². The molecule has 180 valence electrons. The van der Waals surface area contributed by atoms with E-state index in [1.807, 2.05) is 6.92 Å². The molecule has 1 heterocycles. The predicted octanol–water partition coefficient (Wildman–Crippen LogP) is 2.93. The summed E-state index contributed by atoms with van der Waals surface area (Å²) in [6, 6.07) is 0. The Morgan fingerprint density at radius 2 is 1.81 bits per heavy atom. The second-order valence-corrected chi connectivity index (χ2v) is 9.92. The lowest BCUT2D eigenvalue weighted by Crippen LogP contribution is -2.52. The van der Waals surface area contributed by atoms with E-state index in [9.17, 15) is 20.1 Å². The van der Waals surface area contributed by atoms with Gasteiger partial charge in [0.2, 0.25) is 5.79 Å². The molecule has 0 aromatic carbocycles. The quantitative estimate of drug-likeness (QED) is 0.353. The number of rotatable bonds is 10. The lowest BCUT2D eigenvalue weighted by atomic mass is 9.72. The molecule has 3 fully saturated rings. The first-order valence-electron chi connectivity index (χ1n) is 12.3. The third-order valence-electron chi connectivity index (χ3n) is 7.64. The Kier molecular flexibility index (Phi) is 8.78. The Morgan fingerprint density at radius 1 is 1.06 bits per heavy atom. The van der Waals surface area contributed by atoms with Crippen molar-refractivity contribution in [1.29, 1.82) is 0 Å². The second-order valence-electron chi connectivity index (χ2n) is 9.92. The van der Waals surface area contributed by atoms with Crippen molar-refractivity contribution in [1.82, 2.24) is 0 Å². The van der Waals surface area contributed by atoms with E-state index in [0.29, 0.717) is 25.7 Å². The summed E-state index contributed by atoms with van der Waals surface area (Å²) >= 11 is 0. The molecule has 0 amide bonds. The van der Waals surface area contributed by atoms with Crippen molar-refractivity contribution in [3.05, 3.63) is 0 Å². The van der Waals surface area contributed by atoms with Gasteiger partial charge in [-0.15, -0.1) is 0 Å². The molecular formula is C24H42O7. The summed E-state index contributed by atoms with van der Waals surface area (Å²) in [6.45, 7) is 4.19. The van der Waals surface area contributed by atoms with Crippen molar-refractivity contribution in [3.8, 4) is 0 Å². The number of carbonyl (C=O) groups is 1. The zero-order valence-corrected chi connectivity index (χ0v) is 19.4. The average Bonchev–Trinajstić information content (AvgIpc) is 2.99. The van der Waals surface area contributed by atoms with Crippen LogP contribution in [0.5, 0.6) is 0 Å². The molecule has 7 nitrogen and oxygen atoms in total. The lowest BCUT2D eigenvalue weighted by molar-refractivity contribution is -0.215. The van der Waals surface area contributed by atoms with Gasteiger partial charge < -0.3 is 29.5 Å². The van der Waals surface area contributed by atoms with Crippen LogP contribution in [0.15, 0.2) is 0 Å². The van der Waals surface area contributed by atoms with Crippen LogP contribution in [0.25, 0.3) is 0 Å². The number of methoxy groups -OCH3 is 1. The molecule has 3 rings (SSSR count). The van der Waals surface area contributed by atoms with Gasteiger partial charge in [-0.05, 0) is 31.6 Å². The first-order valence-corrected chi connectivity index (χ1v) is 12.3. The molecule has 3 aliphatic rings. The van der Waals surface area contributed by atoms with E-state index in [4.69, 9.17) is 14.2 Å². The maximum absolute atomic E-state index is 12.9. The summed E-state index contributed by atoms with van der Waals surface area (Å²) in [7, 11) is 1.64. The number of carbonyl (C=O) groups excluding carboxylic acids is 1. The fourth-order valence-corrected chi connectivity index (χ4v) is 5.94. The van der Waals surface area contributed by atoms with Crippen LogP contribution in [-0.4, -0.2) is 64.7 Å². The Balaban J connectivity index is 1.78. The SMILES string of the molecule is CCCCCC1CC(O)CC(O)C1OC1CC(OC)CC2C1C(=O)OC2(O)CCCC. The molecule has 0 aromatic rings. The van der Waals surface area contributed by atoms with Gasteiger partial charge in [0.1, 0.15) is 0 Å². The minimum Gasteiger partial charge on any atom is -0.433 e. The van der Waals surface area contributed by atoms with Crippen LogP contribution in [0.2, 0.25) is 0 Å². The summed E-state index contributed by atoms with van der Waals surface area (Å²) in [6.07, 6.45) is 5.83. The molecule has 1 aliphatic heterocycles. The summed E-state index contributed by atoms with van der Waals surface area (Å²) in [5.74, 6) is -2.76. The zero-order valence-electron chi connectivity index (χ0n) is 19.4. The Labute approximate surface area is 186 Å². The Morgan fingerprint density at radius 3 is 2.48 bits per heavy atom. The highest BCUT2D eigenvalue weighted by Crippen LogP contribution is 2.49. The molecule has 0 bridgehead atoms. The molecule has 9 atom stereocenters. The molecule has 2 aliphatic carbocycles. The first kappa shape index (κ1) is 24.9. The Hall–Kier alpha value is -0.730. The smallest absolute Gasteiger partial charge is 0.314 e. The van der Waals surface area contributed by atoms with E-state index in [1.54, 1.807) is 7.11 Å². The number of hydrogen-bond donors (Lipinski definition) is 3. The van der Waals surface area contributed by atoms with Gasteiger partial charge in [0.15, 0.2) is 0 Å². The highest BCUT2D eigenvalue weighted by atomic mass is 16.7. The van der Waals surface area contributed by atoms with Gasteiger partial charge in [0.05, 0.1) is 36.4 Å². The van der Waals surface area contributed by atoms with Crippen molar-refractivity contribution in [3.63, 3.8) is 0 Å². The number of fused-ring (bicyclic) bond motifs is 1. The number of hydrogen-bond acceptors (Lipinski definition) is 7. The number of esters is 1. The van der Waals surface area contributed by atoms with Gasteiger partial charge in [-0.25, -0.2) is 0 Å². The highest BCUT2D eigenvalue weighted by molar-refractivity contribution is 5.76. The lowest BCUT2D eigenvalue weighted by Gasteiger charge is -2.44. The summed E-state index contributed by atoms with van der Waals surface area (Å²) in [4.78, 5) is 12.9. The third-order valence-corrected chi connectivity index (χ3v) is 7.64. The topological polar surface area (TPSA) is 105 Å². The fourth-order valence-electron chi connectivity index (χ4n) is 5.94. The molecule has 1 saturated heterocycles. The molecule has 0 spiro atoms. The second kappa shape index (κ2) is 10.9. The third kappa shape index (κ3) is 5.61. The van der Waals surface area contributed by atoms with Gasteiger partial charge in [-0.2, -0.15) is 0 Å². The zero-order chi connectivity index (χ0) is 22.6. The Bertz CT molecular complexity index is 584. The van der Waals surface area contributed by atoms with E-state index in [-0.39, 0.29) is 24.4 Å². The van der Waals surface area contributed by atoms with E-state index in [0.717, 1.165) is 38.5 Å². The van der Waals surface area contributed by atoms with Crippen molar-refractivity contribution in [2.75, 3.05) is 7.11 Å². The maximum atomic E-state index is 12.9. The van der Waals surface area contributed by atoms with Crippen molar-refractivity contribution in [2.45, 2.75) is 121 Å². The molecular weight excluding hydrogens is 400 g/mol. The van der Waals surface area contributed by atoms with Crippen LogP contribution >= 0.6 is 0 Å². The van der Waals surface area contributed by atoms with E-state index in [2.05, 4.69) is 6.92 Å². The van der Waals surface area contributed by atoms with E-state index >= 15 is 0 Å². The summed E-state index contributed by atoms with van der Waals surface area (Å²) in [5.41, 5.74) is 0. The molecule has 9 unspecified atom stereocenters. The summed E-state index contributed by atoms with van der Waals surface area (Å²) < 4.78 is 17.7. The largest absolute Gasteiger partial charge is 0.433 e. The van der Waals surface area contributed by atoms with Crippen molar-refractivity contribution < 1.29 is 34.3 Å². The predicted molar refractivity (Wildman–Crippen MR) is 115 cm³/mol. The van der Waals surface area contributed by atoms with Crippen LogP contribution in [-0.2, 0) is 19.0 Å². The van der Waals surface area contributed by atoms with Crippen LogP contribution in [0, 0.1) is 17.8 Å².